The number of benzene rings is 1. The second-order valence-electron chi connectivity index (χ2n) is 5.40. The van der Waals surface area contributed by atoms with Crippen LogP contribution in [0.4, 0.5) is 0 Å². The number of Topliss-reactive ketones (excluding diaryl/α,β-unsaturated/α-hetero) is 1. The van der Waals surface area contributed by atoms with Crippen molar-refractivity contribution in [1.29, 1.82) is 0 Å². The lowest BCUT2D eigenvalue weighted by Gasteiger charge is -2.22. The zero-order valence-corrected chi connectivity index (χ0v) is 9.71. The van der Waals surface area contributed by atoms with Crippen LogP contribution in [0.3, 0.4) is 0 Å². The van der Waals surface area contributed by atoms with E-state index < -0.39 is 0 Å². The summed E-state index contributed by atoms with van der Waals surface area (Å²) in [7, 11) is 0. The molecule has 2 rings (SSSR count). The average Bonchev–Trinajstić information content (AvgIpc) is 2.58. The van der Waals surface area contributed by atoms with Gasteiger partial charge in [-0.2, -0.15) is 0 Å². The number of carbonyl (C=O) groups excluding carboxylic acids is 1. The van der Waals surface area contributed by atoms with E-state index in [-0.39, 0.29) is 11.3 Å². The van der Waals surface area contributed by atoms with Gasteiger partial charge in [-0.15, -0.1) is 0 Å². The van der Waals surface area contributed by atoms with Crippen molar-refractivity contribution in [2.24, 2.45) is 5.41 Å². The van der Waals surface area contributed by atoms with Gasteiger partial charge < -0.3 is 0 Å². The molecule has 0 fully saturated rings. The van der Waals surface area contributed by atoms with Crippen molar-refractivity contribution in [3.05, 3.63) is 35.4 Å². The zero-order chi connectivity index (χ0) is 11.1. The SMILES string of the molecule is CC(C)(C)C(=O)C1CCc2ccccc21. The number of hydrogen-bond acceptors (Lipinski definition) is 1. The van der Waals surface area contributed by atoms with E-state index in [1.807, 2.05) is 26.8 Å². The van der Waals surface area contributed by atoms with E-state index in [0.29, 0.717) is 5.78 Å². The van der Waals surface area contributed by atoms with Crippen molar-refractivity contribution in [2.45, 2.75) is 39.5 Å². The third-order valence-corrected chi connectivity index (χ3v) is 3.19. The van der Waals surface area contributed by atoms with Crippen molar-refractivity contribution in [1.82, 2.24) is 0 Å². The molecule has 0 saturated carbocycles. The van der Waals surface area contributed by atoms with Gasteiger partial charge in [-0.3, -0.25) is 4.79 Å². The Balaban J connectivity index is 2.32. The molecule has 80 valence electrons. The summed E-state index contributed by atoms with van der Waals surface area (Å²) in [6.45, 7) is 6.03. The Morgan fingerprint density at radius 1 is 1.27 bits per heavy atom. The van der Waals surface area contributed by atoms with Crippen LogP contribution in [-0.4, -0.2) is 5.78 Å². The van der Waals surface area contributed by atoms with Gasteiger partial charge in [0, 0.05) is 11.3 Å². The van der Waals surface area contributed by atoms with Gasteiger partial charge in [0.2, 0.25) is 0 Å². The third kappa shape index (κ3) is 1.83. The first-order valence-corrected chi connectivity index (χ1v) is 5.62. The molecule has 1 aromatic carbocycles. The van der Waals surface area contributed by atoms with Crippen LogP contribution in [0.2, 0.25) is 0 Å². The molecule has 0 aromatic heterocycles. The van der Waals surface area contributed by atoms with Crippen LogP contribution >= 0.6 is 0 Å². The van der Waals surface area contributed by atoms with Crippen LogP contribution in [0.1, 0.15) is 44.2 Å². The monoisotopic (exact) mass is 202 g/mol. The van der Waals surface area contributed by atoms with E-state index in [9.17, 15) is 4.79 Å². The number of fused-ring (bicyclic) bond motifs is 1. The molecule has 1 aromatic rings. The van der Waals surface area contributed by atoms with Gasteiger partial charge in [0.05, 0.1) is 0 Å². The molecule has 1 atom stereocenters. The van der Waals surface area contributed by atoms with Crippen LogP contribution < -0.4 is 0 Å². The van der Waals surface area contributed by atoms with Gasteiger partial charge in [-0.25, -0.2) is 0 Å². The summed E-state index contributed by atoms with van der Waals surface area (Å²) in [5.74, 6) is 0.522. The van der Waals surface area contributed by atoms with E-state index >= 15 is 0 Å². The van der Waals surface area contributed by atoms with Crippen molar-refractivity contribution in [3.8, 4) is 0 Å². The minimum Gasteiger partial charge on any atom is -0.298 e. The Morgan fingerprint density at radius 3 is 2.60 bits per heavy atom. The lowest BCUT2D eigenvalue weighted by atomic mass is 9.80. The fourth-order valence-electron chi connectivity index (χ4n) is 2.35. The highest BCUT2D eigenvalue weighted by molar-refractivity contribution is 5.91. The number of hydrogen-bond donors (Lipinski definition) is 0. The molecule has 1 nitrogen and oxygen atoms in total. The third-order valence-electron chi connectivity index (χ3n) is 3.19. The number of aryl methyl sites for hydroxylation is 1. The lowest BCUT2D eigenvalue weighted by molar-refractivity contribution is -0.127. The average molecular weight is 202 g/mol. The highest BCUT2D eigenvalue weighted by Crippen LogP contribution is 2.37. The molecule has 0 spiro atoms. The molecule has 0 amide bonds. The van der Waals surface area contributed by atoms with Crippen LogP contribution in [0.15, 0.2) is 24.3 Å². The minimum absolute atomic E-state index is 0.140. The van der Waals surface area contributed by atoms with Crippen LogP contribution in [0.25, 0.3) is 0 Å². The number of rotatable bonds is 1. The molecule has 1 heteroatoms. The molecule has 0 bridgehead atoms. The van der Waals surface area contributed by atoms with Gasteiger partial charge in [0.25, 0.3) is 0 Å². The van der Waals surface area contributed by atoms with E-state index in [4.69, 9.17) is 0 Å². The Labute approximate surface area is 91.5 Å². The summed E-state index contributed by atoms with van der Waals surface area (Å²) < 4.78 is 0. The second-order valence-corrected chi connectivity index (χ2v) is 5.40. The summed E-state index contributed by atoms with van der Waals surface area (Å²) >= 11 is 0. The lowest BCUT2D eigenvalue weighted by Crippen LogP contribution is -2.25. The fraction of sp³-hybridized carbons (Fsp3) is 0.500. The van der Waals surface area contributed by atoms with Gasteiger partial charge >= 0.3 is 0 Å². The molecule has 1 unspecified atom stereocenters. The first kappa shape index (κ1) is 10.4. The molecule has 1 aliphatic rings. The summed E-state index contributed by atoms with van der Waals surface area (Å²) in [5, 5.41) is 0. The van der Waals surface area contributed by atoms with Crippen LogP contribution in [-0.2, 0) is 11.2 Å². The maximum Gasteiger partial charge on any atom is 0.145 e. The first-order chi connectivity index (χ1) is 7.00. The predicted octanol–water partition coefficient (Wildman–Crippen LogP) is 3.33. The summed E-state index contributed by atoms with van der Waals surface area (Å²) in [6, 6.07) is 8.35. The normalized spacial score (nSPS) is 20.1. The van der Waals surface area contributed by atoms with Gasteiger partial charge in [-0.05, 0) is 24.0 Å². The molecule has 0 aliphatic heterocycles. The quantitative estimate of drug-likeness (QED) is 0.682. The summed E-state index contributed by atoms with van der Waals surface area (Å²) in [5.41, 5.74) is 2.40. The highest BCUT2D eigenvalue weighted by Gasteiger charge is 2.34. The van der Waals surface area contributed by atoms with Crippen LogP contribution in [0, 0.1) is 5.41 Å². The molecule has 0 radical (unpaired) electrons. The zero-order valence-electron chi connectivity index (χ0n) is 9.71. The van der Waals surface area contributed by atoms with E-state index in [2.05, 4.69) is 18.2 Å². The highest BCUT2D eigenvalue weighted by atomic mass is 16.1. The molecule has 15 heavy (non-hydrogen) atoms. The van der Waals surface area contributed by atoms with Crippen molar-refractivity contribution >= 4 is 5.78 Å². The fourth-order valence-corrected chi connectivity index (χ4v) is 2.35. The number of carbonyl (C=O) groups is 1. The topological polar surface area (TPSA) is 17.1 Å². The maximum atomic E-state index is 12.2. The van der Waals surface area contributed by atoms with Gasteiger partial charge in [-0.1, -0.05) is 45.0 Å². The second kappa shape index (κ2) is 3.48. The molecule has 0 saturated heterocycles. The number of ketones is 1. The molecular formula is C14H18O. The summed E-state index contributed by atoms with van der Waals surface area (Å²) in [6.07, 6.45) is 2.05. The Morgan fingerprint density at radius 2 is 1.93 bits per heavy atom. The van der Waals surface area contributed by atoms with Crippen LogP contribution in [0.5, 0.6) is 0 Å². The van der Waals surface area contributed by atoms with E-state index in [0.717, 1.165) is 12.8 Å². The smallest absolute Gasteiger partial charge is 0.145 e. The van der Waals surface area contributed by atoms with Gasteiger partial charge in [0.15, 0.2) is 0 Å². The Hall–Kier alpha value is -1.11. The van der Waals surface area contributed by atoms with Crippen molar-refractivity contribution in [3.63, 3.8) is 0 Å². The first-order valence-electron chi connectivity index (χ1n) is 5.62. The molecule has 1 aliphatic carbocycles. The Bertz CT molecular complexity index is 385. The minimum atomic E-state index is -0.220. The molecule has 0 heterocycles. The van der Waals surface area contributed by atoms with Gasteiger partial charge in [0.1, 0.15) is 5.78 Å². The maximum absolute atomic E-state index is 12.2. The largest absolute Gasteiger partial charge is 0.298 e. The standard InChI is InChI=1S/C14H18O/c1-14(2,3)13(15)12-9-8-10-6-4-5-7-11(10)12/h4-7,12H,8-9H2,1-3H3. The molecule has 0 N–H and O–H groups in total. The van der Waals surface area contributed by atoms with Crippen molar-refractivity contribution in [2.75, 3.05) is 0 Å². The molecular weight excluding hydrogens is 184 g/mol. The predicted molar refractivity (Wildman–Crippen MR) is 62.0 cm³/mol. The summed E-state index contributed by atoms with van der Waals surface area (Å²) in [4.78, 5) is 12.2. The van der Waals surface area contributed by atoms with E-state index in [1.165, 1.54) is 11.1 Å². The van der Waals surface area contributed by atoms with Crippen molar-refractivity contribution < 1.29 is 4.79 Å². The van der Waals surface area contributed by atoms with E-state index in [1.54, 1.807) is 0 Å². The Kier molecular flexibility index (Phi) is 2.41.